The zero-order chi connectivity index (χ0) is 18.2. The van der Waals surface area contributed by atoms with E-state index in [0.29, 0.717) is 6.04 Å². The minimum Gasteiger partial charge on any atom is -0.337 e. The predicted molar refractivity (Wildman–Crippen MR) is 109 cm³/mol. The summed E-state index contributed by atoms with van der Waals surface area (Å²) in [5.41, 5.74) is 3.40. The second kappa shape index (κ2) is 6.85. The topological polar surface area (TPSA) is 46.3 Å². The average molecular weight is 376 g/mol. The molecule has 5 rings (SSSR count). The van der Waals surface area contributed by atoms with Crippen LogP contribution in [0.2, 0.25) is 0 Å². The van der Waals surface area contributed by atoms with E-state index in [4.69, 9.17) is 4.99 Å². The number of fused-ring (bicyclic) bond motifs is 1. The van der Waals surface area contributed by atoms with Crippen molar-refractivity contribution in [3.8, 4) is 5.69 Å². The number of rotatable bonds is 4. The van der Waals surface area contributed by atoms with E-state index in [0.717, 1.165) is 28.7 Å². The highest BCUT2D eigenvalue weighted by Crippen LogP contribution is 2.48. The van der Waals surface area contributed by atoms with Gasteiger partial charge in [0.2, 0.25) is 0 Å². The van der Waals surface area contributed by atoms with Crippen LogP contribution in [0, 0.1) is 0 Å². The Labute approximate surface area is 163 Å². The summed E-state index contributed by atoms with van der Waals surface area (Å²) in [6, 6.07) is 15.2. The van der Waals surface area contributed by atoms with Gasteiger partial charge in [-0.2, -0.15) is 0 Å². The molecule has 0 aromatic carbocycles. The first-order valence-electron chi connectivity index (χ1n) is 9.34. The van der Waals surface area contributed by atoms with Crippen molar-refractivity contribution in [1.82, 2.24) is 19.4 Å². The van der Waals surface area contributed by atoms with Gasteiger partial charge in [0, 0.05) is 48.0 Å². The van der Waals surface area contributed by atoms with Gasteiger partial charge in [0.05, 0.1) is 5.69 Å². The standard InChI is InChI=1S/C21H21N5S/c1-2-15-14-27-21-24-19(17-6-3-4-10-23-17)20(26(15)21)18-7-5-13-25(18)16-8-11-22-12-9-16/h3-13,15,19-20H,2,14H2,1H3/t15-,19+,20+/m1/s1. The third kappa shape index (κ3) is 2.75. The molecule has 3 aromatic heterocycles. The highest BCUT2D eigenvalue weighted by molar-refractivity contribution is 8.14. The molecule has 1 saturated heterocycles. The van der Waals surface area contributed by atoms with Gasteiger partial charge in [-0.3, -0.25) is 15.0 Å². The molecule has 1 fully saturated rings. The van der Waals surface area contributed by atoms with Gasteiger partial charge in [0.25, 0.3) is 0 Å². The maximum atomic E-state index is 5.11. The molecule has 0 unspecified atom stereocenters. The van der Waals surface area contributed by atoms with Crippen LogP contribution in [0.5, 0.6) is 0 Å². The van der Waals surface area contributed by atoms with Crippen LogP contribution in [-0.2, 0) is 0 Å². The van der Waals surface area contributed by atoms with Gasteiger partial charge in [-0.1, -0.05) is 24.8 Å². The molecule has 0 radical (unpaired) electrons. The monoisotopic (exact) mass is 375 g/mol. The molecule has 5 nitrogen and oxygen atoms in total. The Bertz CT molecular complexity index is 953. The Kier molecular flexibility index (Phi) is 4.20. The van der Waals surface area contributed by atoms with Gasteiger partial charge >= 0.3 is 0 Å². The lowest BCUT2D eigenvalue weighted by atomic mass is 9.99. The van der Waals surface area contributed by atoms with Crippen molar-refractivity contribution < 1.29 is 0 Å². The van der Waals surface area contributed by atoms with Gasteiger partial charge < -0.3 is 9.47 Å². The molecule has 3 atom stereocenters. The molecule has 0 N–H and O–H groups in total. The summed E-state index contributed by atoms with van der Waals surface area (Å²) in [4.78, 5) is 16.4. The Morgan fingerprint density at radius 3 is 2.74 bits per heavy atom. The lowest BCUT2D eigenvalue weighted by Gasteiger charge is -2.32. The van der Waals surface area contributed by atoms with E-state index in [9.17, 15) is 0 Å². The van der Waals surface area contributed by atoms with E-state index in [-0.39, 0.29) is 12.1 Å². The van der Waals surface area contributed by atoms with Gasteiger partial charge in [0.1, 0.15) is 12.1 Å². The first-order valence-corrected chi connectivity index (χ1v) is 10.3. The second-order valence-electron chi connectivity index (χ2n) is 6.84. The normalized spacial score (nSPS) is 24.1. The van der Waals surface area contributed by atoms with Crippen molar-refractivity contribution in [2.24, 2.45) is 4.99 Å². The van der Waals surface area contributed by atoms with E-state index >= 15 is 0 Å². The smallest absolute Gasteiger partial charge is 0.160 e. The van der Waals surface area contributed by atoms with Crippen LogP contribution in [0.25, 0.3) is 5.69 Å². The van der Waals surface area contributed by atoms with Crippen molar-refractivity contribution in [1.29, 1.82) is 0 Å². The molecule has 3 aromatic rings. The molecule has 6 heteroatoms. The maximum absolute atomic E-state index is 5.11. The van der Waals surface area contributed by atoms with Crippen LogP contribution in [0.4, 0.5) is 0 Å². The van der Waals surface area contributed by atoms with Gasteiger partial charge in [-0.05, 0) is 42.8 Å². The highest BCUT2D eigenvalue weighted by Gasteiger charge is 2.46. The number of thioether (sulfide) groups is 1. The van der Waals surface area contributed by atoms with Crippen molar-refractivity contribution in [3.05, 3.63) is 78.6 Å². The molecule has 2 aliphatic heterocycles. The van der Waals surface area contributed by atoms with Crippen LogP contribution < -0.4 is 0 Å². The first-order chi connectivity index (χ1) is 13.4. The number of hydrogen-bond donors (Lipinski definition) is 0. The summed E-state index contributed by atoms with van der Waals surface area (Å²) < 4.78 is 2.26. The molecule has 0 spiro atoms. The maximum Gasteiger partial charge on any atom is 0.160 e. The molecule has 5 heterocycles. The fraction of sp³-hybridized carbons (Fsp3) is 0.286. The summed E-state index contributed by atoms with van der Waals surface area (Å²) in [5.74, 6) is 1.11. The third-order valence-corrected chi connectivity index (χ3v) is 6.48. The lowest BCUT2D eigenvalue weighted by Crippen LogP contribution is -2.36. The second-order valence-corrected chi connectivity index (χ2v) is 7.83. The minimum atomic E-state index is 0.0125. The molecule has 0 bridgehead atoms. The van der Waals surface area contributed by atoms with E-state index in [1.54, 1.807) is 0 Å². The molecule has 2 aliphatic rings. The van der Waals surface area contributed by atoms with Crippen LogP contribution in [-0.4, -0.2) is 36.4 Å². The van der Waals surface area contributed by atoms with Crippen LogP contribution >= 0.6 is 11.8 Å². The van der Waals surface area contributed by atoms with E-state index in [1.807, 2.05) is 48.6 Å². The molecule has 0 aliphatic carbocycles. The zero-order valence-electron chi connectivity index (χ0n) is 15.1. The largest absolute Gasteiger partial charge is 0.337 e. The summed E-state index contributed by atoms with van der Waals surface area (Å²) in [7, 11) is 0. The number of aromatic nitrogens is 3. The van der Waals surface area contributed by atoms with E-state index < -0.39 is 0 Å². The van der Waals surface area contributed by atoms with Crippen LogP contribution in [0.1, 0.15) is 36.8 Å². The number of aliphatic imine (C=N–C) groups is 1. The first kappa shape index (κ1) is 16.6. The zero-order valence-corrected chi connectivity index (χ0v) is 16.0. The SMILES string of the molecule is CC[C@@H]1CSC2=N[C@@H](c3ccccn3)[C@H](c3cccn3-c3ccncc3)N21. The third-order valence-electron chi connectivity index (χ3n) is 5.35. The summed E-state index contributed by atoms with van der Waals surface area (Å²) in [6.45, 7) is 2.27. The van der Waals surface area contributed by atoms with Crippen molar-refractivity contribution >= 4 is 16.9 Å². The Balaban J connectivity index is 1.63. The van der Waals surface area contributed by atoms with Gasteiger partial charge in [0.15, 0.2) is 5.17 Å². The van der Waals surface area contributed by atoms with Crippen molar-refractivity contribution in [3.63, 3.8) is 0 Å². The van der Waals surface area contributed by atoms with E-state index in [1.165, 1.54) is 5.69 Å². The average Bonchev–Trinajstić information content (AvgIpc) is 3.44. The molecular weight excluding hydrogens is 354 g/mol. The minimum absolute atomic E-state index is 0.0125. The summed E-state index contributed by atoms with van der Waals surface area (Å²) in [6.07, 6.45) is 8.79. The summed E-state index contributed by atoms with van der Waals surface area (Å²) in [5, 5.41) is 1.16. The Morgan fingerprint density at radius 1 is 1.07 bits per heavy atom. The number of nitrogens with zero attached hydrogens (tertiary/aromatic N) is 5. The molecule has 0 amide bonds. The van der Waals surface area contributed by atoms with Crippen molar-refractivity contribution in [2.45, 2.75) is 31.5 Å². The summed E-state index contributed by atoms with van der Waals surface area (Å²) >= 11 is 1.88. The Hall–Kier alpha value is -2.60. The molecule has 0 saturated carbocycles. The molecule has 136 valence electrons. The fourth-order valence-electron chi connectivity index (χ4n) is 4.05. The Morgan fingerprint density at radius 2 is 1.96 bits per heavy atom. The van der Waals surface area contributed by atoms with E-state index in [2.05, 4.69) is 56.8 Å². The van der Waals surface area contributed by atoms with Crippen LogP contribution in [0.3, 0.4) is 0 Å². The predicted octanol–water partition coefficient (Wildman–Crippen LogP) is 4.25. The van der Waals surface area contributed by atoms with Gasteiger partial charge in [-0.15, -0.1) is 0 Å². The van der Waals surface area contributed by atoms with Crippen molar-refractivity contribution in [2.75, 3.05) is 5.75 Å². The number of amidine groups is 1. The quantitative estimate of drug-likeness (QED) is 0.684. The number of pyridine rings is 2. The van der Waals surface area contributed by atoms with Gasteiger partial charge in [-0.25, -0.2) is 0 Å². The lowest BCUT2D eigenvalue weighted by molar-refractivity contribution is 0.249. The number of hydrogen-bond acceptors (Lipinski definition) is 5. The molecule has 27 heavy (non-hydrogen) atoms. The van der Waals surface area contributed by atoms with Crippen LogP contribution in [0.15, 0.2) is 72.2 Å². The molecular formula is C21H21N5S. The fourth-order valence-corrected chi connectivity index (χ4v) is 5.38. The highest BCUT2D eigenvalue weighted by atomic mass is 32.2.